The summed E-state index contributed by atoms with van der Waals surface area (Å²) in [5.41, 5.74) is -0.232. The molecule has 0 aromatic heterocycles. The summed E-state index contributed by atoms with van der Waals surface area (Å²) in [6.45, 7) is 11.3. The van der Waals surface area contributed by atoms with Crippen LogP contribution in [-0.4, -0.2) is 30.7 Å². The molecule has 0 heterocycles. The molecule has 0 bridgehead atoms. The van der Waals surface area contributed by atoms with Crippen molar-refractivity contribution in [2.24, 2.45) is 5.41 Å². The molecule has 3 heteroatoms. The highest BCUT2D eigenvalue weighted by Gasteiger charge is 2.22. The third-order valence-corrected chi connectivity index (χ3v) is 3.19. The van der Waals surface area contributed by atoms with Gasteiger partial charge in [0.25, 0.3) is 0 Å². The van der Waals surface area contributed by atoms with Crippen LogP contribution in [0.4, 0.5) is 0 Å². The lowest BCUT2D eigenvalue weighted by molar-refractivity contribution is -0.169. The van der Waals surface area contributed by atoms with Crippen LogP contribution in [0.1, 0.15) is 73.1 Å². The van der Waals surface area contributed by atoms with Crippen molar-refractivity contribution in [3.05, 3.63) is 0 Å². The predicted molar refractivity (Wildman–Crippen MR) is 80.2 cm³/mol. The van der Waals surface area contributed by atoms with Crippen LogP contribution in [0, 0.1) is 5.41 Å². The van der Waals surface area contributed by atoms with E-state index >= 15 is 0 Å². The predicted octanol–water partition coefficient (Wildman–Crippen LogP) is 4.13. The zero-order valence-corrected chi connectivity index (χ0v) is 13.6. The molecular formula is C16H34O3. The molecule has 0 amide bonds. The number of hydrogen-bond acceptors (Lipinski definition) is 3. The molecule has 1 N–H and O–H groups in total. The second-order valence-corrected chi connectivity index (χ2v) is 6.37. The smallest absolute Gasteiger partial charge is 0.159 e. The minimum Gasteiger partial charge on any atom is -0.376 e. The summed E-state index contributed by atoms with van der Waals surface area (Å²) in [7, 11) is 0. The van der Waals surface area contributed by atoms with Gasteiger partial charge in [0.15, 0.2) is 6.29 Å². The average Bonchev–Trinajstić information content (AvgIpc) is 2.33. The molecule has 0 saturated carbocycles. The van der Waals surface area contributed by atoms with E-state index in [0.717, 1.165) is 19.3 Å². The van der Waals surface area contributed by atoms with E-state index in [1.165, 1.54) is 19.3 Å². The maximum absolute atomic E-state index is 9.75. The van der Waals surface area contributed by atoms with E-state index in [2.05, 4.69) is 13.8 Å². The number of rotatable bonds is 11. The van der Waals surface area contributed by atoms with Crippen LogP contribution < -0.4 is 0 Å². The van der Waals surface area contributed by atoms with Crippen LogP contribution in [0.15, 0.2) is 0 Å². The van der Waals surface area contributed by atoms with Gasteiger partial charge in [-0.15, -0.1) is 0 Å². The van der Waals surface area contributed by atoms with Crippen molar-refractivity contribution in [1.29, 1.82) is 0 Å². The van der Waals surface area contributed by atoms with Gasteiger partial charge in [0, 0.05) is 5.41 Å². The van der Waals surface area contributed by atoms with Gasteiger partial charge in [-0.1, -0.05) is 60.3 Å². The Bertz CT molecular complexity index is 199. The monoisotopic (exact) mass is 274 g/mol. The Balaban J connectivity index is 3.74. The highest BCUT2D eigenvalue weighted by molar-refractivity contribution is 4.64. The molecule has 0 spiro atoms. The molecule has 3 nitrogen and oxygen atoms in total. The second-order valence-electron chi connectivity index (χ2n) is 6.37. The summed E-state index contributed by atoms with van der Waals surface area (Å²) in [5.74, 6) is 0. The van der Waals surface area contributed by atoms with E-state index in [1.54, 1.807) is 0 Å². The molecule has 0 rings (SSSR count). The highest BCUT2D eigenvalue weighted by atomic mass is 16.6. The van der Waals surface area contributed by atoms with Gasteiger partial charge in [0.1, 0.15) is 0 Å². The highest BCUT2D eigenvalue weighted by Crippen LogP contribution is 2.19. The Kier molecular flexibility index (Phi) is 10.6. The Labute approximate surface area is 119 Å². The minimum absolute atomic E-state index is 0.232. The van der Waals surface area contributed by atoms with E-state index in [4.69, 9.17) is 9.47 Å². The average molecular weight is 274 g/mol. The molecule has 0 radical (unpaired) electrons. The quantitative estimate of drug-likeness (QED) is 0.455. The second kappa shape index (κ2) is 10.6. The first-order chi connectivity index (χ1) is 8.91. The first-order valence-electron chi connectivity index (χ1n) is 7.83. The van der Waals surface area contributed by atoms with Crippen molar-refractivity contribution < 1.29 is 14.6 Å². The fourth-order valence-electron chi connectivity index (χ4n) is 1.88. The number of hydrogen-bond donors (Lipinski definition) is 1. The van der Waals surface area contributed by atoms with Crippen LogP contribution >= 0.6 is 0 Å². The van der Waals surface area contributed by atoms with E-state index in [0.29, 0.717) is 19.3 Å². The number of aliphatic hydroxyl groups excluding tert-OH is 1. The number of ether oxygens (including phenoxy) is 2. The maximum atomic E-state index is 9.75. The topological polar surface area (TPSA) is 38.7 Å². The summed E-state index contributed by atoms with van der Waals surface area (Å²) >= 11 is 0. The number of unbranched alkanes of at least 4 members (excludes halogenated alkanes) is 2. The molecule has 116 valence electrons. The van der Waals surface area contributed by atoms with Crippen molar-refractivity contribution in [2.75, 3.05) is 13.2 Å². The standard InChI is InChI=1S/C16H34O3/c1-6-8-9-11-14(10-7-2)18-12-13-19-15(17)16(3,4)5/h14-15,17H,6-13H2,1-5H3. The SMILES string of the molecule is CCCCCC(CCC)OCCOC(O)C(C)(C)C. The number of aliphatic hydroxyl groups is 1. The Morgan fingerprint density at radius 2 is 1.53 bits per heavy atom. The molecule has 2 atom stereocenters. The molecule has 19 heavy (non-hydrogen) atoms. The Morgan fingerprint density at radius 1 is 0.895 bits per heavy atom. The van der Waals surface area contributed by atoms with Crippen LogP contribution in [0.25, 0.3) is 0 Å². The van der Waals surface area contributed by atoms with Crippen LogP contribution in [-0.2, 0) is 9.47 Å². The van der Waals surface area contributed by atoms with E-state index < -0.39 is 6.29 Å². The fourth-order valence-corrected chi connectivity index (χ4v) is 1.88. The molecule has 0 saturated heterocycles. The van der Waals surface area contributed by atoms with Crippen molar-refractivity contribution in [1.82, 2.24) is 0 Å². The Morgan fingerprint density at radius 3 is 2.05 bits per heavy atom. The van der Waals surface area contributed by atoms with E-state index in [1.807, 2.05) is 20.8 Å². The summed E-state index contributed by atoms with van der Waals surface area (Å²) < 4.78 is 11.2. The van der Waals surface area contributed by atoms with Crippen LogP contribution in [0.5, 0.6) is 0 Å². The van der Waals surface area contributed by atoms with Gasteiger partial charge in [0.2, 0.25) is 0 Å². The lowest BCUT2D eigenvalue weighted by Crippen LogP contribution is -2.30. The first-order valence-corrected chi connectivity index (χ1v) is 7.83. The molecule has 0 aliphatic rings. The maximum Gasteiger partial charge on any atom is 0.159 e. The van der Waals surface area contributed by atoms with E-state index in [9.17, 15) is 5.11 Å². The Hall–Kier alpha value is -0.120. The van der Waals surface area contributed by atoms with Gasteiger partial charge in [-0.2, -0.15) is 0 Å². The van der Waals surface area contributed by atoms with Gasteiger partial charge in [-0.05, 0) is 12.8 Å². The third kappa shape index (κ3) is 10.3. The molecule has 0 aliphatic heterocycles. The summed E-state index contributed by atoms with van der Waals surface area (Å²) in [5, 5.41) is 9.75. The summed E-state index contributed by atoms with van der Waals surface area (Å²) in [6, 6.07) is 0. The summed E-state index contributed by atoms with van der Waals surface area (Å²) in [4.78, 5) is 0. The lowest BCUT2D eigenvalue weighted by Gasteiger charge is -2.26. The first kappa shape index (κ1) is 18.9. The van der Waals surface area contributed by atoms with Crippen molar-refractivity contribution in [3.8, 4) is 0 Å². The molecule has 0 aliphatic carbocycles. The van der Waals surface area contributed by atoms with Crippen LogP contribution in [0.3, 0.4) is 0 Å². The third-order valence-electron chi connectivity index (χ3n) is 3.19. The van der Waals surface area contributed by atoms with Gasteiger partial charge in [-0.3, -0.25) is 0 Å². The minimum atomic E-state index is -0.721. The molecular weight excluding hydrogens is 240 g/mol. The fraction of sp³-hybridized carbons (Fsp3) is 1.00. The van der Waals surface area contributed by atoms with Crippen molar-refractivity contribution >= 4 is 0 Å². The largest absolute Gasteiger partial charge is 0.376 e. The zero-order valence-electron chi connectivity index (χ0n) is 13.6. The summed E-state index contributed by atoms with van der Waals surface area (Å²) in [6.07, 6.45) is 6.82. The molecule has 2 unspecified atom stereocenters. The zero-order chi connectivity index (χ0) is 14.7. The van der Waals surface area contributed by atoms with Gasteiger partial charge < -0.3 is 14.6 Å². The van der Waals surface area contributed by atoms with Gasteiger partial charge in [0.05, 0.1) is 19.3 Å². The van der Waals surface area contributed by atoms with Crippen molar-refractivity contribution in [2.45, 2.75) is 85.5 Å². The molecule has 0 aromatic rings. The van der Waals surface area contributed by atoms with E-state index in [-0.39, 0.29) is 5.41 Å². The molecule has 0 fully saturated rings. The molecule has 0 aromatic carbocycles. The van der Waals surface area contributed by atoms with Crippen molar-refractivity contribution in [3.63, 3.8) is 0 Å². The van der Waals surface area contributed by atoms with Crippen LogP contribution in [0.2, 0.25) is 0 Å². The van der Waals surface area contributed by atoms with Gasteiger partial charge >= 0.3 is 0 Å². The lowest BCUT2D eigenvalue weighted by atomic mass is 9.96. The normalized spacial score (nSPS) is 15.5. The van der Waals surface area contributed by atoms with Gasteiger partial charge in [-0.25, -0.2) is 0 Å².